The van der Waals surface area contributed by atoms with Crippen LogP contribution in [0.5, 0.6) is 5.75 Å². The summed E-state index contributed by atoms with van der Waals surface area (Å²) in [7, 11) is 1.61. The number of likely N-dealkylation sites (tertiary alicyclic amines) is 2. The average Bonchev–Trinajstić information content (AvgIpc) is 2.84. The second kappa shape index (κ2) is 9.23. The zero-order valence-electron chi connectivity index (χ0n) is 19.4. The van der Waals surface area contributed by atoms with Crippen molar-refractivity contribution in [2.75, 3.05) is 45.2 Å². The molecule has 4 aliphatic rings. The van der Waals surface area contributed by atoms with E-state index in [4.69, 9.17) is 4.74 Å². The van der Waals surface area contributed by atoms with Crippen LogP contribution in [0.4, 0.5) is 10.5 Å². The minimum absolute atomic E-state index is 0.00455. The highest BCUT2D eigenvalue weighted by atomic mass is 16.5. The van der Waals surface area contributed by atoms with E-state index in [0.717, 1.165) is 44.6 Å². The van der Waals surface area contributed by atoms with Gasteiger partial charge < -0.3 is 24.8 Å². The Hall–Kier alpha value is -2.77. The number of piperidine rings is 4. The Bertz CT molecular complexity index is 913. The summed E-state index contributed by atoms with van der Waals surface area (Å²) < 4.78 is 5.22. The van der Waals surface area contributed by atoms with Gasteiger partial charge in [-0.25, -0.2) is 4.79 Å². The highest BCUT2D eigenvalue weighted by Gasteiger charge is 2.45. The van der Waals surface area contributed by atoms with Crippen molar-refractivity contribution in [3.8, 4) is 5.75 Å². The first-order chi connectivity index (χ1) is 16.0. The van der Waals surface area contributed by atoms with E-state index in [1.54, 1.807) is 7.11 Å². The number of nitrogens with one attached hydrogen (secondary N) is 1. The van der Waals surface area contributed by atoms with Gasteiger partial charge in [-0.1, -0.05) is 6.07 Å². The van der Waals surface area contributed by atoms with Gasteiger partial charge in [0.15, 0.2) is 0 Å². The van der Waals surface area contributed by atoms with E-state index in [0.29, 0.717) is 61.9 Å². The lowest BCUT2D eigenvalue weighted by atomic mass is 9.76. The Morgan fingerprint density at radius 1 is 1.06 bits per heavy atom. The third-order valence-corrected chi connectivity index (χ3v) is 7.92. The molecule has 1 N–H and O–H groups in total. The number of methoxy groups -OCH3 is 1. The van der Waals surface area contributed by atoms with Crippen molar-refractivity contribution in [2.45, 2.75) is 44.6 Å². The molecule has 1 aromatic carbocycles. The first-order valence-corrected chi connectivity index (χ1v) is 12.3. The van der Waals surface area contributed by atoms with Gasteiger partial charge in [0.05, 0.1) is 7.11 Å². The molecule has 0 saturated carbocycles. The lowest BCUT2D eigenvalue weighted by Gasteiger charge is -2.53. The summed E-state index contributed by atoms with van der Waals surface area (Å²) >= 11 is 0. The molecule has 8 nitrogen and oxygen atoms in total. The Kier molecular flexibility index (Phi) is 6.17. The highest BCUT2D eigenvalue weighted by molar-refractivity contribution is 5.93. The maximum absolute atomic E-state index is 13.3. The zero-order valence-corrected chi connectivity index (χ0v) is 19.4. The average molecular weight is 455 g/mol. The molecule has 3 atom stereocenters. The molecule has 0 radical (unpaired) electrons. The molecule has 178 valence electrons. The SMILES string of the molecule is COc1cccc(NC(=O)C2CCN(C(=O)N3CC4CC(C3)[C@H]3CCCC(=O)N3C4)CC2)c1. The van der Waals surface area contributed by atoms with Gasteiger partial charge in [-0.3, -0.25) is 9.59 Å². The van der Waals surface area contributed by atoms with Crippen LogP contribution in [0.2, 0.25) is 0 Å². The predicted molar refractivity (Wildman–Crippen MR) is 124 cm³/mol. The normalized spacial score (nSPS) is 27.7. The van der Waals surface area contributed by atoms with Crippen molar-refractivity contribution in [2.24, 2.45) is 17.8 Å². The van der Waals surface area contributed by atoms with Crippen LogP contribution in [0.1, 0.15) is 38.5 Å². The van der Waals surface area contributed by atoms with E-state index >= 15 is 0 Å². The predicted octanol–water partition coefficient (Wildman–Crippen LogP) is 2.80. The number of carbonyl (C=O) groups is 3. The van der Waals surface area contributed by atoms with Gasteiger partial charge in [0.1, 0.15) is 5.75 Å². The minimum Gasteiger partial charge on any atom is -0.497 e. The van der Waals surface area contributed by atoms with Crippen molar-refractivity contribution < 1.29 is 19.1 Å². The molecule has 4 saturated heterocycles. The molecular formula is C25H34N4O4. The van der Waals surface area contributed by atoms with Crippen molar-refractivity contribution in [1.29, 1.82) is 0 Å². The van der Waals surface area contributed by atoms with Gasteiger partial charge in [0, 0.05) is 62.9 Å². The minimum atomic E-state index is -0.0946. The molecule has 0 spiro atoms. The van der Waals surface area contributed by atoms with E-state index in [1.807, 2.05) is 34.1 Å². The van der Waals surface area contributed by atoms with Crippen LogP contribution in [0.15, 0.2) is 24.3 Å². The van der Waals surface area contributed by atoms with Crippen LogP contribution in [0.25, 0.3) is 0 Å². The number of urea groups is 1. The van der Waals surface area contributed by atoms with Crippen molar-refractivity contribution in [3.63, 3.8) is 0 Å². The summed E-state index contributed by atoms with van der Waals surface area (Å²) in [4.78, 5) is 44.4. The molecule has 2 unspecified atom stereocenters. The molecule has 0 aromatic heterocycles. The van der Waals surface area contributed by atoms with E-state index in [9.17, 15) is 14.4 Å². The maximum Gasteiger partial charge on any atom is 0.320 e. The lowest BCUT2D eigenvalue weighted by Crippen LogP contribution is -2.62. The Balaban J connectivity index is 1.14. The fourth-order valence-corrected chi connectivity index (χ4v) is 6.24. The second-order valence-electron chi connectivity index (χ2n) is 10.0. The smallest absolute Gasteiger partial charge is 0.320 e. The van der Waals surface area contributed by atoms with E-state index < -0.39 is 0 Å². The summed E-state index contributed by atoms with van der Waals surface area (Å²) in [6, 6.07) is 7.78. The number of anilines is 1. The first kappa shape index (κ1) is 22.0. The summed E-state index contributed by atoms with van der Waals surface area (Å²) in [5.74, 6) is 1.71. The van der Waals surface area contributed by atoms with Gasteiger partial charge >= 0.3 is 6.03 Å². The third-order valence-electron chi connectivity index (χ3n) is 7.92. The number of amides is 4. The van der Waals surface area contributed by atoms with Crippen molar-refractivity contribution in [1.82, 2.24) is 14.7 Å². The van der Waals surface area contributed by atoms with E-state index in [-0.39, 0.29) is 17.9 Å². The van der Waals surface area contributed by atoms with Crippen LogP contribution in [-0.2, 0) is 9.59 Å². The molecule has 4 amide bonds. The van der Waals surface area contributed by atoms with Gasteiger partial charge in [-0.05, 0) is 56.1 Å². The number of fused-ring (bicyclic) bond motifs is 4. The Morgan fingerprint density at radius 3 is 2.67 bits per heavy atom. The molecule has 1 aromatic rings. The molecule has 4 aliphatic heterocycles. The first-order valence-electron chi connectivity index (χ1n) is 12.3. The Morgan fingerprint density at radius 2 is 1.88 bits per heavy atom. The number of benzene rings is 1. The highest BCUT2D eigenvalue weighted by Crippen LogP contribution is 2.38. The number of rotatable bonds is 3. The molecule has 8 heteroatoms. The van der Waals surface area contributed by atoms with Crippen LogP contribution >= 0.6 is 0 Å². The zero-order chi connectivity index (χ0) is 22.9. The van der Waals surface area contributed by atoms with Gasteiger partial charge in [-0.15, -0.1) is 0 Å². The van der Waals surface area contributed by atoms with Crippen molar-refractivity contribution >= 4 is 23.5 Å². The number of hydrogen-bond donors (Lipinski definition) is 1. The monoisotopic (exact) mass is 454 g/mol. The quantitative estimate of drug-likeness (QED) is 0.762. The number of nitrogens with zero attached hydrogens (tertiary/aromatic N) is 3. The molecule has 4 fully saturated rings. The van der Waals surface area contributed by atoms with Gasteiger partial charge in [0.25, 0.3) is 0 Å². The fraction of sp³-hybridized carbons (Fsp3) is 0.640. The number of ether oxygens (including phenoxy) is 1. The molecule has 5 rings (SSSR count). The molecule has 0 aliphatic carbocycles. The molecule has 33 heavy (non-hydrogen) atoms. The molecule has 4 heterocycles. The van der Waals surface area contributed by atoms with E-state index in [1.165, 1.54) is 0 Å². The summed E-state index contributed by atoms with van der Waals surface area (Å²) in [5, 5.41) is 2.99. The summed E-state index contributed by atoms with van der Waals surface area (Å²) in [6.07, 6.45) is 5.20. The van der Waals surface area contributed by atoms with Crippen LogP contribution in [0.3, 0.4) is 0 Å². The van der Waals surface area contributed by atoms with Crippen LogP contribution in [-0.4, -0.2) is 78.4 Å². The maximum atomic E-state index is 13.3. The molecule has 2 bridgehead atoms. The van der Waals surface area contributed by atoms with Crippen molar-refractivity contribution in [3.05, 3.63) is 24.3 Å². The van der Waals surface area contributed by atoms with Gasteiger partial charge in [0.2, 0.25) is 11.8 Å². The summed E-state index contributed by atoms with van der Waals surface area (Å²) in [5.41, 5.74) is 0.730. The number of carbonyl (C=O) groups excluding carboxylic acids is 3. The number of hydrogen-bond acceptors (Lipinski definition) is 4. The van der Waals surface area contributed by atoms with E-state index in [2.05, 4.69) is 10.2 Å². The fourth-order valence-electron chi connectivity index (χ4n) is 6.24. The topological polar surface area (TPSA) is 82.2 Å². The Labute approximate surface area is 195 Å². The summed E-state index contributed by atoms with van der Waals surface area (Å²) in [6.45, 7) is 3.50. The van der Waals surface area contributed by atoms with Crippen LogP contribution < -0.4 is 10.1 Å². The standard InChI is InChI=1S/C25H34N4O4/c1-33-21-5-2-4-20(13-21)26-24(31)18-8-10-27(11-9-18)25(32)28-14-17-12-19(16-28)22-6-3-7-23(30)29(22)15-17/h2,4-5,13,17-19,22H,3,6-12,14-16H2,1H3,(H,26,31)/t17?,19?,22-/m1/s1. The lowest BCUT2D eigenvalue weighted by molar-refractivity contribution is -0.144. The molecular weight excluding hydrogens is 420 g/mol. The van der Waals surface area contributed by atoms with Gasteiger partial charge in [-0.2, -0.15) is 0 Å². The second-order valence-corrected chi connectivity index (χ2v) is 10.0. The van der Waals surface area contributed by atoms with Crippen LogP contribution in [0, 0.1) is 17.8 Å². The largest absolute Gasteiger partial charge is 0.497 e. The third kappa shape index (κ3) is 4.52.